The number of ether oxygens (including phenoxy) is 1. The van der Waals surface area contributed by atoms with E-state index in [2.05, 4.69) is 9.72 Å². The van der Waals surface area contributed by atoms with Gasteiger partial charge in [0.05, 0.1) is 29.2 Å². The number of hydrogen-bond acceptors (Lipinski definition) is 5. The van der Waals surface area contributed by atoms with Gasteiger partial charge in [0.25, 0.3) is 5.56 Å². The Hall–Kier alpha value is -3.33. The second-order valence-electron chi connectivity index (χ2n) is 7.29. The smallest absolute Gasteiger partial charge is 0.423 e. The summed E-state index contributed by atoms with van der Waals surface area (Å²) in [4.78, 5) is 30.5. The van der Waals surface area contributed by atoms with E-state index in [0.717, 1.165) is 10.5 Å². The zero-order valence-corrected chi connectivity index (χ0v) is 16.5. The minimum atomic E-state index is -4.12. The van der Waals surface area contributed by atoms with Gasteiger partial charge in [-0.15, -0.1) is 0 Å². The minimum Gasteiger partial charge on any atom is -0.423 e. The molecule has 1 atom stereocenters. The second kappa shape index (κ2) is 6.88. The SMILES string of the molecule is Cc1ccc2nc(CN3C(=O)C(F)(F)Oc4c([C@H](C)O)cccc43)n(C)c(=O)c2c1. The molecule has 0 saturated heterocycles. The molecular weight excluding hydrogens is 396 g/mol. The highest BCUT2D eigenvalue weighted by Gasteiger charge is 2.51. The van der Waals surface area contributed by atoms with E-state index in [-0.39, 0.29) is 34.9 Å². The Labute approximate surface area is 170 Å². The molecule has 1 aromatic heterocycles. The normalized spacial score (nSPS) is 16.3. The first-order valence-electron chi connectivity index (χ1n) is 9.26. The maximum absolute atomic E-state index is 14.4. The minimum absolute atomic E-state index is 0.0718. The molecule has 0 spiro atoms. The first-order valence-corrected chi connectivity index (χ1v) is 9.26. The third-order valence-electron chi connectivity index (χ3n) is 5.11. The zero-order valence-electron chi connectivity index (χ0n) is 16.5. The third kappa shape index (κ3) is 3.11. The number of nitrogens with zero attached hydrogens (tertiary/aromatic N) is 3. The maximum Gasteiger partial charge on any atom is 0.483 e. The second-order valence-corrected chi connectivity index (χ2v) is 7.29. The molecule has 9 heteroatoms. The van der Waals surface area contributed by atoms with Gasteiger partial charge in [0.1, 0.15) is 5.82 Å². The summed E-state index contributed by atoms with van der Waals surface area (Å²) in [7, 11) is 1.47. The number of fused-ring (bicyclic) bond motifs is 2. The zero-order chi connectivity index (χ0) is 21.8. The lowest BCUT2D eigenvalue weighted by Crippen LogP contribution is -2.51. The number of alkyl halides is 2. The molecule has 3 aromatic rings. The van der Waals surface area contributed by atoms with E-state index in [0.29, 0.717) is 10.9 Å². The van der Waals surface area contributed by atoms with Gasteiger partial charge in [-0.1, -0.05) is 23.8 Å². The molecule has 4 rings (SSSR count). The van der Waals surface area contributed by atoms with Gasteiger partial charge in [-0.2, -0.15) is 8.78 Å². The number of aliphatic hydroxyl groups excluding tert-OH is 1. The Morgan fingerprint density at radius 3 is 2.67 bits per heavy atom. The van der Waals surface area contributed by atoms with E-state index in [1.54, 1.807) is 18.2 Å². The summed E-state index contributed by atoms with van der Waals surface area (Å²) in [6, 6.07) is 9.58. The summed E-state index contributed by atoms with van der Waals surface area (Å²) < 4.78 is 34.6. The van der Waals surface area contributed by atoms with Crippen molar-refractivity contribution in [2.45, 2.75) is 32.6 Å². The Balaban J connectivity index is 1.87. The van der Waals surface area contributed by atoms with E-state index < -0.39 is 18.1 Å². The van der Waals surface area contributed by atoms with Gasteiger partial charge in [0, 0.05) is 12.6 Å². The average Bonchev–Trinajstić information content (AvgIpc) is 2.69. The fourth-order valence-electron chi connectivity index (χ4n) is 3.50. The van der Waals surface area contributed by atoms with Gasteiger partial charge in [0.15, 0.2) is 5.75 Å². The molecule has 1 aliphatic rings. The lowest BCUT2D eigenvalue weighted by molar-refractivity contribution is -0.193. The van der Waals surface area contributed by atoms with Crippen LogP contribution in [0.3, 0.4) is 0 Å². The standard InChI is InChI=1S/C21H19F2N3O4/c1-11-7-8-15-14(9-11)19(28)25(3)17(24-15)10-26-16-6-4-5-13(12(2)27)18(16)30-21(22,23)20(26)29/h4-9,12,27H,10H2,1-3H3/t12-/m0/s1. The fourth-order valence-corrected chi connectivity index (χ4v) is 3.50. The predicted octanol–water partition coefficient (Wildman–Crippen LogP) is 2.81. The van der Waals surface area contributed by atoms with Crippen LogP contribution in [0, 0.1) is 6.92 Å². The van der Waals surface area contributed by atoms with Crippen LogP contribution in [0.15, 0.2) is 41.2 Å². The first kappa shape index (κ1) is 20.0. The highest BCUT2D eigenvalue weighted by atomic mass is 19.3. The number of carbonyl (C=O) groups is 1. The summed E-state index contributed by atoms with van der Waals surface area (Å²) in [6.07, 6.45) is -5.21. The van der Waals surface area contributed by atoms with E-state index in [1.807, 2.05) is 6.92 Å². The van der Waals surface area contributed by atoms with Gasteiger partial charge >= 0.3 is 12.0 Å². The number of amides is 1. The lowest BCUT2D eigenvalue weighted by Gasteiger charge is -2.34. The molecule has 2 aromatic carbocycles. The molecule has 1 N–H and O–H groups in total. The number of aryl methyl sites for hydroxylation is 1. The number of aromatic nitrogens is 2. The summed E-state index contributed by atoms with van der Waals surface area (Å²) in [6.45, 7) is 2.88. The van der Waals surface area contributed by atoms with Crippen LogP contribution < -0.4 is 15.2 Å². The number of halogens is 2. The van der Waals surface area contributed by atoms with Gasteiger partial charge in [-0.05, 0) is 32.0 Å². The van der Waals surface area contributed by atoms with Crippen LogP contribution in [0.1, 0.15) is 30.0 Å². The van der Waals surface area contributed by atoms with Crippen molar-refractivity contribution in [3.05, 3.63) is 63.7 Å². The molecule has 0 fully saturated rings. The summed E-state index contributed by atoms with van der Waals surface area (Å²) in [5.41, 5.74) is 1.15. The maximum atomic E-state index is 14.4. The Bertz CT molecular complexity index is 1240. The monoisotopic (exact) mass is 415 g/mol. The van der Waals surface area contributed by atoms with Crippen molar-refractivity contribution in [2.24, 2.45) is 7.05 Å². The molecule has 0 unspecified atom stereocenters. The van der Waals surface area contributed by atoms with Crippen LogP contribution in [0.2, 0.25) is 0 Å². The molecule has 30 heavy (non-hydrogen) atoms. The number of carbonyl (C=O) groups excluding carboxylic acids is 1. The Morgan fingerprint density at radius 2 is 1.97 bits per heavy atom. The summed E-state index contributed by atoms with van der Waals surface area (Å²) in [5.74, 6) is -1.72. The van der Waals surface area contributed by atoms with Crippen molar-refractivity contribution in [1.29, 1.82) is 0 Å². The number of hydrogen-bond donors (Lipinski definition) is 1. The highest BCUT2D eigenvalue weighted by molar-refractivity contribution is 6.01. The van der Waals surface area contributed by atoms with Crippen molar-refractivity contribution in [3.63, 3.8) is 0 Å². The van der Waals surface area contributed by atoms with E-state index in [9.17, 15) is 23.5 Å². The molecule has 0 saturated carbocycles. The molecule has 0 aliphatic carbocycles. The molecule has 1 aliphatic heterocycles. The van der Waals surface area contributed by atoms with E-state index >= 15 is 0 Å². The van der Waals surface area contributed by atoms with E-state index in [1.165, 1.54) is 36.7 Å². The molecule has 0 bridgehead atoms. The summed E-state index contributed by atoms with van der Waals surface area (Å²) >= 11 is 0. The van der Waals surface area contributed by atoms with E-state index in [4.69, 9.17) is 0 Å². The van der Waals surface area contributed by atoms with Gasteiger partial charge in [0.2, 0.25) is 0 Å². The van der Waals surface area contributed by atoms with Crippen LogP contribution in [-0.2, 0) is 18.4 Å². The molecule has 1 amide bonds. The summed E-state index contributed by atoms with van der Waals surface area (Å²) in [5, 5.41) is 10.3. The number of para-hydroxylation sites is 1. The number of aliphatic hydroxyl groups is 1. The van der Waals surface area contributed by atoms with Crippen LogP contribution in [0.25, 0.3) is 10.9 Å². The predicted molar refractivity (Wildman–Crippen MR) is 106 cm³/mol. The van der Waals surface area contributed by atoms with Crippen molar-refractivity contribution in [3.8, 4) is 5.75 Å². The van der Waals surface area contributed by atoms with Crippen LogP contribution in [0.5, 0.6) is 5.75 Å². The Kier molecular flexibility index (Phi) is 4.58. The molecule has 156 valence electrons. The van der Waals surface area contributed by atoms with Crippen molar-refractivity contribution in [1.82, 2.24) is 9.55 Å². The number of anilines is 1. The lowest BCUT2D eigenvalue weighted by atomic mass is 10.1. The van der Waals surface area contributed by atoms with Crippen molar-refractivity contribution < 1.29 is 23.4 Å². The molecule has 7 nitrogen and oxygen atoms in total. The van der Waals surface area contributed by atoms with Crippen molar-refractivity contribution in [2.75, 3.05) is 4.90 Å². The number of benzene rings is 2. The molecular formula is C21H19F2N3O4. The van der Waals surface area contributed by atoms with Gasteiger partial charge in [-0.3, -0.25) is 19.1 Å². The fraction of sp³-hybridized carbons (Fsp3) is 0.286. The molecule has 2 heterocycles. The first-order chi connectivity index (χ1) is 14.1. The van der Waals surface area contributed by atoms with Crippen molar-refractivity contribution >= 4 is 22.5 Å². The average molecular weight is 415 g/mol. The van der Waals surface area contributed by atoms with Crippen LogP contribution in [-0.4, -0.2) is 26.7 Å². The van der Waals surface area contributed by atoms with Gasteiger partial charge in [-0.25, -0.2) is 4.98 Å². The quantitative estimate of drug-likeness (QED) is 0.711. The van der Waals surface area contributed by atoms with Crippen LogP contribution >= 0.6 is 0 Å². The molecule has 0 radical (unpaired) electrons. The van der Waals surface area contributed by atoms with Gasteiger partial charge < -0.3 is 9.84 Å². The largest absolute Gasteiger partial charge is 0.483 e. The Morgan fingerprint density at radius 1 is 1.23 bits per heavy atom. The number of rotatable bonds is 3. The highest BCUT2D eigenvalue weighted by Crippen LogP contribution is 2.44. The van der Waals surface area contributed by atoms with Crippen LogP contribution in [0.4, 0.5) is 14.5 Å². The topological polar surface area (TPSA) is 84.7 Å². The third-order valence-corrected chi connectivity index (χ3v) is 5.11.